The largest absolute Gasteiger partial charge is 0.294 e. The van der Waals surface area contributed by atoms with Gasteiger partial charge in [0.1, 0.15) is 5.82 Å². The van der Waals surface area contributed by atoms with Crippen LogP contribution >= 0.6 is 0 Å². The number of aryl methyl sites for hydroxylation is 3. The molecule has 94 valence electrons. The Balaban J connectivity index is 2.03. The van der Waals surface area contributed by atoms with E-state index in [-0.39, 0.29) is 11.3 Å². The van der Waals surface area contributed by atoms with Crippen LogP contribution in [0.2, 0.25) is 0 Å². The Labute approximate surface area is 105 Å². The molecule has 18 heavy (non-hydrogen) atoms. The summed E-state index contributed by atoms with van der Waals surface area (Å²) in [6, 6.07) is 4.69. The number of halogens is 1. The summed E-state index contributed by atoms with van der Waals surface area (Å²) in [5.41, 5.74) is 1.97. The van der Waals surface area contributed by atoms with Gasteiger partial charge < -0.3 is 0 Å². The molecule has 2 rings (SSSR count). The van der Waals surface area contributed by atoms with Gasteiger partial charge in [-0.05, 0) is 36.6 Å². The normalized spacial score (nSPS) is 10.6. The monoisotopic (exact) mass is 246 g/mol. The number of carbonyl (C=O) groups excluding carboxylic acids is 1. The zero-order valence-electron chi connectivity index (χ0n) is 10.5. The van der Waals surface area contributed by atoms with Gasteiger partial charge in [0.05, 0.1) is 11.8 Å². The Morgan fingerprint density at radius 1 is 1.44 bits per heavy atom. The van der Waals surface area contributed by atoms with Crippen LogP contribution in [0.15, 0.2) is 30.6 Å². The van der Waals surface area contributed by atoms with Crippen LogP contribution in [-0.2, 0) is 13.5 Å². The average Bonchev–Trinajstić information content (AvgIpc) is 2.72. The molecule has 0 aliphatic carbocycles. The molecule has 0 atom stereocenters. The van der Waals surface area contributed by atoms with E-state index in [0.29, 0.717) is 12.8 Å². The first-order chi connectivity index (χ1) is 8.56. The fourth-order valence-corrected chi connectivity index (χ4v) is 1.84. The fourth-order valence-electron chi connectivity index (χ4n) is 1.84. The van der Waals surface area contributed by atoms with Crippen molar-refractivity contribution in [1.82, 2.24) is 9.78 Å². The molecule has 1 aromatic carbocycles. The summed E-state index contributed by atoms with van der Waals surface area (Å²) in [6.45, 7) is 1.80. The lowest BCUT2D eigenvalue weighted by molar-refractivity contribution is 0.0979. The van der Waals surface area contributed by atoms with Gasteiger partial charge in [-0.2, -0.15) is 5.10 Å². The van der Waals surface area contributed by atoms with E-state index < -0.39 is 5.82 Å². The van der Waals surface area contributed by atoms with Crippen LogP contribution in [0.25, 0.3) is 0 Å². The van der Waals surface area contributed by atoms with Crippen LogP contribution in [0.5, 0.6) is 0 Å². The van der Waals surface area contributed by atoms with Crippen molar-refractivity contribution in [2.24, 2.45) is 7.05 Å². The minimum Gasteiger partial charge on any atom is -0.294 e. The Morgan fingerprint density at radius 3 is 2.83 bits per heavy atom. The van der Waals surface area contributed by atoms with Crippen molar-refractivity contribution in [3.05, 3.63) is 53.1 Å². The van der Waals surface area contributed by atoms with Gasteiger partial charge in [-0.25, -0.2) is 4.39 Å². The fraction of sp³-hybridized carbons (Fsp3) is 0.286. The molecule has 4 heteroatoms. The average molecular weight is 246 g/mol. The third-order valence-corrected chi connectivity index (χ3v) is 2.82. The first-order valence-electron chi connectivity index (χ1n) is 5.83. The molecule has 0 aliphatic heterocycles. The van der Waals surface area contributed by atoms with Gasteiger partial charge in [-0.3, -0.25) is 9.48 Å². The van der Waals surface area contributed by atoms with Crippen LogP contribution in [0.3, 0.4) is 0 Å². The van der Waals surface area contributed by atoms with Gasteiger partial charge in [0.2, 0.25) is 0 Å². The van der Waals surface area contributed by atoms with Crippen molar-refractivity contribution in [2.45, 2.75) is 19.8 Å². The van der Waals surface area contributed by atoms with E-state index in [1.54, 1.807) is 29.9 Å². The Morgan fingerprint density at radius 2 is 2.22 bits per heavy atom. The number of benzene rings is 1. The lowest BCUT2D eigenvalue weighted by Gasteiger charge is -2.02. The lowest BCUT2D eigenvalue weighted by Crippen LogP contribution is -2.04. The van der Waals surface area contributed by atoms with E-state index in [0.717, 1.165) is 11.1 Å². The Hall–Kier alpha value is -1.97. The molecule has 0 bridgehead atoms. The molecule has 0 N–H and O–H groups in total. The van der Waals surface area contributed by atoms with Crippen LogP contribution < -0.4 is 0 Å². The topological polar surface area (TPSA) is 34.9 Å². The Kier molecular flexibility index (Phi) is 3.55. The smallest absolute Gasteiger partial charge is 0.166 e. The molecule has 0 unspecified atom stereocenters. The van der Waals surface area contributed by atoms with Crippen molar-refractivity contribution in [3.8, 4) is 0 Å². The second-order valence-corrected chi connectivity index (χ2v) is 4.43. The van der Waals surface area contributed by atoms with Crippen molar-refractivity contribution in [1.29, 1.82) is 0 Å². The molecule has 0 saturated heterocycles. The highest BCUT2D eigenvalue weighted by Gasteiger charge is 2.12. The van der Waals surface area contributed by atoms with Gasteiger partial charge in [-0.15, -0.1) is 0 Å². The van der Waals surface area contributed by atoms with Crippen molar-refractivity contribution in [3.63, 3.8) is 0 Å². The molecular formula is C14H15FN2O. The highest BCUT2D eigenvalue weighted by Crippen LogP contribution is 2.13. The lowest BCUT2D eigenvalue weighted by atomic mass is 10.0. The van der Waals surface area contributed by atoms with E-state index in [2.05, 4.69) is 5.10 Å². The molecule has 0 amide bonds. The van der Waals surface area contributed by atoms with Crippen molar-refractivity contribution >= 4 is 5.78 Å². The minimum atomic E-state index is -0.439. The Bertz CT molecular complexity index is 575. The number of rotatable bonds is 4. The van der Waals surface area contributed by atoms with Crippen LogP contribution in [0.4, 0.5) is 4.39 Å². The quantitative estimate of drug-likeness (QED) is 0.777. The third kappa shape index (κ3) is 2.83. The predicted octanol–water partition coefficient (Wildman–Crippen LogP) is 2.68. The summed E-state index contributed by atoms with van der Waals surface area (Å²) in [4.78, 5) is 11.9. The number of aromatic nitrogens is 2. The van der Waals surface area contributed by atoms with E-state index in [4.69, 9.17) is 0 Å². The van der Waals surface area contributed by atoms with Crippen LogP contribution in [0.1, 0.15) is 27.9 Å². The second kappa shape index (κ2) is 5.12. The van der Waals surface area contributed by atoms with E-state index >= 15 is 0 Å². The van der Waals surface area contributed by atoms with E-state index in [9.17, 15) is 9.18 Å². The third-order valence-electron chi connectivity index (χ3n) is 2.82. The number of hydrogen-bond acceptors (Lipinski definition) is 2. The van der Waals surface area contributed by atoms with Crippen LogP contribution in [-0.4, -0.2) is 15.6 Å². The van der Waals surface area contributed by atoms with E-state index in [1.807, 2.05) is 13.2 Å². The molecule has 2 aromatic rings. The van der Waals surface area contributed by atoms with Gasteiger partial charge in [0, 0.05) is 19.7 Å². The number of ketones is 1. The predicted molar refractivity (Wildman–Crippen MR) is 67.0 cm³/mol. The SMILES string of the molecule is Cc1ccc(C(=O)CCc2cnn(C)c2)c(F)c1. The minimum absolute atomic E-state index is 0.170. The summed E-state index contributed by atoms with van der Waals surface area (Å²) in [5.74, 6) is -0.609. The summed E-state index contributed by atoms with van der Waals surface area (Å²) in [5, 5.41) is 4.03. The maximum absolute atomic E-state index is 13.6. The molecule has 0 aliphatic rings. The second-order valence-electron chi connectivity index (χ2n) is 4.43. The molecule has 0 fully saturated rings. The van der Waals surface area contributed by atoms with Gasteiger partial charge >= 0.3 is 0 Å². The molecule has 1 aromatic heterocycles. The zero-order chi connectivity index (χ0) is 13.1. The highest BCUT2D eigenvalue weighted by atomic mass is 19.1. The molecule has 3 nitrogen and oxygen atoms in total. The van der Waals surface area contributed by atoms with Crippen molar-refractivity contribution in [2.75, 3.05) is 0 Å². The zero-order valence-corrected chi connectivity index (χ0v) is 10.5. The number of hydrogen-bond donors (Lipinski definition) is 0. The molecule has 0 radical (unpaired) electrons. The molecule has 0 saturated carbocycles. The first-order valence-corrected chi connectivity index (χ1v) is 5.83. The van der Waals surface area contributed by atoms with E-state index in [1.165, 1.54) is 6.07 Å². The summed E-state index contributed by atoms with van der Waals surface area (Å²) in [7, 11) is 1.82. The summed E-state index contributed by atoms with van der Waals surface area (Å²) in [6.07, 6.45) is 4.46. The van der Waals surface area contributed by atoms with Gasteiger partial charge in [0.15, 0.2) is 5.78 Å². The maximum Gasteiger partial charge on any atom is 0.166 e. The summed E-state index contributed by atoms with van der Waals surface area (Å²) >= 11 is 0. The van der Waals surface area contributed by atoms with Crippen LogP contribution in [0, 0.1) is 12.7 Å². The molecule has 0 spiro atoms. The van der Waals surface area contributed by atoms with Gasteiger partial charge in [0.25, 0.3) is 0 Å². The highest BCUT2D eigenvalue weighted by molar-refractivity contribution is 5.96. The molecule has 1 heterocycles. The first kappa shape index (κ1) is 12.5. The summed E-state index contributed by atoms with van der Waals surface area (Å²) < 4.78 is 15.3. The number of nitrogens with zero attached hydrogens (tertiary/aromatic N) is 2. The number of Topliss-reactive ketones (excluding diaryl/α,β-unsaturated/α-hetero) is 1. The molecular weight excluding hydrogens is 231 g/mol. The van der Waals surface area contributed by atoms with Gasteiger partial charge in [-0.1, -0.05) is 6.07 Å². The maximum atomic E-state index is 13.6. The standard InChI is InChI=1S/C14H15FN2O/c1-10-3-5-12(13(15)7-10)14(18)6-4-11-8-16-17(2)9-11/h3,5,7-9H,4,6H2,1-2H3. The number of carbonyl (C=O) groups is 1. The van der Waals surface area contributed by atoms with Crippen molar-refractivity contribution < 1.29 is 9.18 Å².